The Hall–Kier alpha value is -1.33. The van der Waals surface area contributed by atoms with Crippen LogP contribution in [0.3, 0.4) is 0 Å². The van der Waals surface area contributed by atoms with Crippen LogP contribution in [0.15, 0.2) is 12.1 Å². The first-order chi connectivity index (χ1) is 10.2. The van der Waals surface area contributed by atoms with Crippen molar-refractivity contribution in [2.75, 3.05) is 36.6 Å². The number of piperazine rings is 1. The van der Waals surface area contributed by atoms with Crippen LogP contribution in [-0.2, 0) is 0 Å². The highest BCUT2D eigenvalue weighted by atomic mass is 16.5. The van der Waals surface area contributed by atoms with Gasteiger partial charge in [0.05, 0.1) is 0 Å². The lowest BCUT2D eigenvalue weighted by molar-refractivity contribution is 0.170. The lowest BCUT2D eigenvalue weighted by atomic mass is 10.1. The summed E-state index contributed by atoms with van der Waals surface area (Å²) < 4.78 is 0. The molecule has 1 aliphatic heterocycles. The Morgan fingerprint density at radius 1 is 1.24 bits per heavy atom. The normalized spacial score (nSPS) is 17.8. The van der Waals surface area contributed by atoms with Crippen molar-refractivity contribution in [2.24, 2.45) is 0 Å². The number of rotatable bonds is 6. The second kappa shape index (κ2) is 7.61. The molecule has 1 aromatic heterocycles. The monoisotopic (exact) mass is 292 g/mol. The molecule has 1 aliphatic rings. The fraction of sp³-hybridized carbons (Fsp3) is 0.688. The third-order valence-corrected chi connectivity index (χ3v) is 4.36. The van der Waals surface area contributed by atoms with E-state index in [9.17, 15) is 5.21 Å². The number of hydrogen-bond acceptors (Lipinski definition) is 5. The van der Waals surface area contributed by atoms with Gasteiger partial charge in [-0.05, 0) is 31.9 Å². The summed E-state index contributed by atoms with van der Waals surface area (Å²) in [6, 6.07) is 4.50. The number of aryl methyl sites for hydroxylation is 1. The summed E-state index contributed by atoms with van der Waals surface area (Å²) in [5, 5.41) is 9.26. The first-order valence-electron chi connectivity index (χ1n) is 8.06. The van der Waals surface area contributed by atoms with Crippen LogP contribution in [0.1, 0.15) is 38.8 Å². The molecule has 5 nitrogen and oxygen atoms in total. The van der Waals surface area contributed by atoms with Gasteiger partial charge in [0.25, 0.3) is 0 Å². The lowest BCUT2D eigenvalue weighted by Gasteiger charge is -2.40. The van der Waals surface area contributed by atoms with Gasteiger partial charge in [0.2, 0.25) is 0 Å². The minimum absolute atomic E-state index is 0.689. The molecule has 1 saturated heterocycles. The molecule has 0 bridgehead atoms. The Kier molecular flexibility index (Phi) is 5.82. The predicted octanol–water partition coefficient (Wildman–Crippen LogP) is 2.89. The molecule has 5 heteroatoms. The second-order valence-electron chi connectivity index (χ2n) is 5.81. The zero-order valence-corrected chi connectivity index (χ0v) is 13.5. The predicted molar refractivity (Wildman–Crippen MR) is 87.2 cm³/mol. The lowest BCUT2D eigenvalue weighted by Crippen LogP contribution is -2.50. The summed E-state index contributed by atoms with van der Waals surface area (Å²) >= 11 is 0. The van der Waals surface area contributed by atoms with E-state index in [1.807, 2.05) is 19.1 Å². The van der Waals surface area contributed by atoms with E-state index in [-0.39, 0.29) is 0 Å². The van der Waals surface area contributed by atoms with E-state index in [1.165, 1.54) is 19.3 Å². The van der Waals surface area contributed by atoms with E-state index in [1.54, 1.807) is 0 Å². The molecule has 0 spiro atoms. The van der Waals surface area contributed by atoms with Crippen molar-refractivity contribution in [3.05, 3.63) is 17.8 Å². The molecule has 0 radical (unpaired) electrons. The highest BCUT2D eigenvalue weighted by Gasteiger charge is 2.24. The fourth-order valence-electron chi connectivity index (χ4n) is 3.15. The molecule has 2 N–H and O–H groups in total. The maximum atomic E-state index is 9.26. The molecule has 21 heavy (non-hydrogen) atoms. The first kappa shape index (κ1) is 16.0. The molecule has 0 saturated carbocycles. The zero-order chi connectivity index (χ0) is 15.2. The van der Waals surface area contributed by atoms with Crippen LogP contribution in [0, 0.1) is 6.92 Å². The van der Waals surface area contributed by atoms with Crippen molar-refractivity contribution >= 4 is 11.5 Å². The van der Waals surface area contributed by atoms with Gasteiger partial charge < -0.3 is 4.90 Å². The fourth-order valence-corrected chi connectivity index (χ4v) is 3.15. The number of anilines is 2. The number of aromatic nitrogens is 1. The quantitative estimate of drug-likeness (QED) is 0.790. The highest BCUT2D eigenvalue weighted by molar-refractivity contribution is 5.65. The molecule has 1 unspecified atom stereocenters. The molecular weight excluding hydrogens is 264 g/mol. The van der Waals surface area contributed by atoms with Crippen LogP contribution in [0.2, 0.25) is 0 Å². The van der Waals surface area contributed by atoms with Crippen molar-refractivity contribution in [1.82, 2.24) is 9.88 Å². The van der Waals surface area contributed by atoms with Crippen LogP contribution in [0.5, 0.6) is 0 Å². The van der Waals surface area contributed by atoms with Crippen LogP contribution in [-0.4, -0.2) is 47.3 Å². The van der Waals surface area contributed by atoms with Crippen LogP contribution in [0.4, 0.5) is 11.5 Å². The topological polar surface area (TPSA) is 51.6 Å². The number of pyridine rings is 1. The van der Waals surface area contributed by atoms with Crippen LogP contribution < -0.4 is 10.4 Å². The van der Waals surface area contributed by atoms with Crippen molar-refractivity contribution < 1.29 is 5.21 Å². The molecule has 0 amide bonds. The summed E-state index contributed by atoms with van der Waals surface area (Å²) in [6.07, 6.45) is 3.75. The highest BCUT2D eigenvalue weighted by Crippen LogP contribution is 2.25. The van der Waals surface area contributed by atoms with Gasteiger partial charge in [-0.25, -0.2) is 4.98 Å². The van der Waals surface area contributed by atoms with E-state index in [0.29, 0.717) is 11.7 Å². The Bertz CT molecular complexity index is 444. The van der Waals surface area contributed by atoms with Crippen molar-refractivity contribution in [3.63, 3.8) is 0 Å². The molecule has 2 heterocycles. The summed E-state index contributed by atoms with van der Waals surface area (Å²) in [5.74, 6) is 0.862. The van der Waals surface area contributed by atoms with E-state index in [4.69, 9.17) is 0 Å². The number of nitrogens with zero attached hydrogens (tertiary/aromatic N) is 3. The van der Waals surface area contributed by atoms with Crippen LogP contribution >= 0.6 is 0 Å². The van der Waals surface area contributed by atoms with E-state index in [2.05, 4.69) is 34.1 Å². The Morgan fingerprint density at radius 3 is 2.52 bits per heavy atom. The Morgan fingerprint density at radius 2 is 1.95 bits per heavy atom. The Balaban J connectivity index is 2.02. The summed E-state index contributed by atoms with van der Waals surface area (Å²) in [4.78, 5) is 9.44. The maximum absolute atomic E-state index is 9.26. The van der Waals surface area contributed by atoms with Gasteiger partial charge in [0.1, 0.15) is 5.69 Å². The first-order valence-corrected chi connectivity index (χ1v) is 8.06. The van der Waals surface area contributed by atoms with Gasteiger partial charge in [-0.1, -0.05) is 20.3 Å². The zero-order valence-electron chi connectivity index (χ0n) is 13.5. The van der Waals surface area contributed by atoms with Gasteiger partial charge >= 0.3 is 0 Å². The molecule has 1 aromatic rings. The number of hydrogen-bond donors (Lipinski definition) is 2. The molecular formula is C16H28N4O. The molecule has 0 aromatic carbocycles. The van der Waals surface area contributed by atoms with E-state index < -0.39 is 0 Å². The average Bonchev–Trinajstić information content (AvgIpc) is 2.53. The van der Waals surface area contributed by atoms with Crippen molar-refractivity contribution in [2.45, 2.75) is 46.1 Å². The SMILES string of the molecule is CCCC(CC)N1CCN(c2nc(C)ccc2NO)CC1. The summed E-state index contributed by atoms with van der Waals surface area (Å²) in [6.45, 7) is 10.6. The third-order valence-electron chi connectivity index (χ3n) is 4.36. The largest absolute Gasteiger partial charge is 0.352 e. The minimum atomic E-state index is 0.689. The molecule has 1 fully saturated rings. The molecule has 0 aliphatic carbocycles. The smallest absolute Gasteiger partial charge is 0.154 e. The maximum Gasteiger partial charge on any atom is 0.154 e. The van der Waals surface area contributed by atoms with E-state index >= 15 is 0 Å². The van der Waals surface area contributed by atoms with Gasteiger partial charge in [-0.2, -0.15) is 0 Å². The van der Waals surface area contributed by atoms with Crippen LogP contribution in [0.25, 0.3) is 0 Å². The van der Waals surface area contributed by atoms with Gasteiger partial charge in [0.15, 0.2) is 5.82 Å². The second-order valence-corrected chi connectivity index (χ2v) is 5.81. The summed E-state index contributed by atoms with van der Waals surface area (Å²) in [7, 11) is 0. The average molecular weight is 292 g/mol. The van der Waals surface area contributed by atoms with E-state index in [0.717, 1.165) is 37.7 Å². The van der Waals surface area contributed by atoms with Gasteiger partial charge in [-0.3, -0.25) is 15.6 Å². The summed E-state index contributed by atoms with van der Waals surface area (Å²) in [5.41, 5.74) is 3.93. The van der Waals surface area contributed by atoms with Crippen molar-refractivity contribution in [1.29, 1.82) is 0 Å². The van der Waals surface area contributed by atoms with Gasteiger partial charge in [0, 0.05) is 37.9 Å². The minimum Gasteiger partial charge on any atom is -0.352 e. The standard InChI is InChI=1S/C16H28N4O/c1-4-6-14(5-2)19-9-11-20(12-10-19)16-15(18-21)8-7-13(3)17-16/h7-8,14,18,21H,4-6,9-12H2,1-3H3. The molecule has 118 valence electrons. The Labute approximate surface area is 127 Å². The van der Waals surface area contributed by atoms with Crippen molar-refractivity contribution in [3.8, 4) is 0 Å². The number of nitrogens with one attached hydrogen (secondary N) is 1. The molecule has 2 rings (SSSR count). The molecule has 1 atom stereocenters. The van der Waals surface area contributed by atoms with Gasteiger partial charge in [-0.15, -0.1) is 0 Å². The third kappa shape index (κ3) is 3.86.